The molecule has 5 heteroatoms. The number of para-hydroxylation sites is 1. The second-order valence-corrected chi connectivity index (χ2v) is 7.43. The Labute approximate surface area is 150 Å². The summed E-state index contributed by atoms with van der Waals surface area (Å²) in [5, 5.41) is 1.72. The molecular formula is C19H19ClN2OS. The molecule has 1 heterocycles. The van der Waals surface area contributed by atoms with E-state index >= 15 is 0 Å². The lowest BCUT2D eigenvalue weighted by molar-refractivity contribution is -0.130. The van der Waals surface area contributed by atoms with Gasteiger partial charge in [0, 0.05) is 18.5 Å². The minimum atomic E-state index is 0.117. The van der Waals surface area contributed by atoms with E-state index < -0.39 is 0 Å². The van der Waals surface area contributed by atoms with Crippen LogP contribution in [-0.4, -0.2) is 22.8 Å². The highest BCUT2D eigenvalue weighted by Crippen LogP contribution is 2.23. The minimum absolute atomic E-state index is 0.117. The molecule has 3 aromatic rings. The van der Waals surface area contributed by atoms with E-state index in [2.05, 4.69) is 11.1 Å². The number of carbonyl (C=O) groups is 1. The van der Waals surface area contributed by atoms with Crippen LogP contribution in [0.2, 0.25) is 5.02 Å². The Bertz CT molecular complexity index is 842. The lowest BCUT2D eigenvalue weighted by Gasteiger charge is -2.15. The molecule has 0 aliphatic carbocycles. The third-order valence-electron chi connectivity index (χ3n) is 4.00. The summed E-state index contributed by atoms with van der Waals surface area (Å²) in [6.45, 7) is 2.52. The summed E-state index contributed by atoms with van der Waals surface area (Å²) < 4.78 is 1.16. The molecule has 1 aromatic heterocycles. The lowest BCUT2D eigenvalue weighted by atomic mass is 10.1. The van der Waals surface area contributed by atoms with E-state index in [0.29, 0.717) is 19.4 Å². The number of carbonyl (C=O) groups excluding carboxylic acids is 1. The molecule has 24 heavy (non-hydrogen) atoms. The van der Waals surface area contributed by atoms with E-state index in [1.54, 1.807) is 16.2 Å². The summed E-state index contributed by atoms with van der Waals surface area (Å²) in [5.74, 6) is 0.117. The Morgan fingerprint density at radius 3 is 2.79 bits per heavy atom. The first-order chi connectivity index (χ1) is 11.5. The standard InChI is InChI=1S/C19H19ClN2OS/c1-13-7-8-14(11-15(13)20)9-10-19(23)22(2)12-18-21-16-5-3-4-6-17(16)24-18/h3-8,11H,9-10,12H2,1-2H3. The van der Waals surface area contributed by atoms with Crippen molar-refractivity contribution < 1.29 is 4.79 Å². The second kappa shape index (κ2) is 7.32. The summed E-state index contributed by atoms with van der Waals surface area (Å²) >= 11 is 7.77. The predicted molar refractivity (Wildman–Crippen MR) is 101 cm³/mol. The van der Waals surface area contributed by atoms with Gasteiger partial charge in [0.2, 0.25) is 5.91 Å². The fraction of sp³-hybridized carbons (Fsp3) is 0.263. The van der Waals surface area contributed by atoms with Gasteiger partial charge in [-0.05, 0) is 42.7 Å². The van der Waals surface area contributed by atoms with Gasteiger partial charge in [0.25, 0.3) is 0 Å². The number of fused-ring (bicyclic) bond motifs is 1. The first-order valence-electron chi connectivity index (χ1n) is 7.86. The van der Waals surface area contributed by atoms with Crippen LogP contribution in [0.4, 0.5) is 0 Å². The fourth-order valence-corrected chi connectivity index (χ4v) is 3.74. The van der Waals surface area contributed by atoms with Gasteiger partial charge in [0.15, 0.2) is 0 Å². The van der Waals surface area contributed by atoms with Crippen molar-refractivity contribution in [3.05, 3.63) is 63.6 Å². The van der Waals surface area contributed by atoms with Crippen molar-refractivity contribution in [3.8, 4) is 0 Å². The van der Waals surface area contributed by atoms with Crippen LogP contribution >= 0.6 is 22.9 Å². The number of hydrogen-bond donors (Lipinski definition) is 0. The molecule has 3 rings (SSSR count). The summed E-state index contributed by atoms with van der Waals surface area (Å²) in [6.07, 6.45) is 1.17. The maximum absolute atomic E-state index is 12.4. The second-order valence-electron chi connectivity index (χ2n) is 5.91. The molecule has 0 fully saturated rings. The fourth-order valence-electron chi connectivity index (χ4n) is 2.51. The van der Waals surface area contributed by atoms with Crippen molar-refractivity contribution in [2.75, 3.05) is 7.05 Å². The number of halogens is 1. The average molecular weight is 359 g/mol. The molecule has 0 atom stereocenters. The number of aryl methyl sites for hydroxylation is 2. The van der Waals surface area contributed by atoms with Crippen molar-refractivity contribution in [1.29, 1.82) is 0 Å². The first-order valence-corrected chi connectivity index (χ1v) is 9.06. The van der Waals surface area contributed by atoms with Gasteiger partial charge in [-0.1, -0.05) is 35.9 Å². The van der Waals surface area contributed by atoms with Crippen LogP contribution in [-0.2, 0) is 17.8 Å². The number of aromatic nitrogens is 1. The van der Waals surface area contributed by atoms with E-state index in [4.69, 9.17) is 11.6 Å². The van der Waals surface area contributed by atoms with E-state index in [1.165, 1.54) is 0 Å². The van der Waals surface area contributed by atoms with Crippen molar-refractivity contribution in [2.45, 2.75) is 26.3 Å². The van der Waals surface area contributed by atoms with Crippen LogP contribution in [0.25, 0.3) is 10.2 Å². The van der Waals surface area contributed by atoms with E-state index in [-0.39, 0.29) is 5.91 Å². The van der Waals surface area contributed by atoms with Gasteiger partial charge < -0.3 is 4.90 Å². The highest BCUT2D eigenvalue weighted by Gasteiger charge is 2.12. The Morgan fingerprint density at radius 2 is 2.04 bits per heavy atom. The third-order valence-corrected chi connectivity index (χ3v) is 5.43. The average Bonchev–Trinajstić information content (AvgIpc) is 2.97. The number of nitrogens with zero attached hydrogens (tertiary/aromatic N) is 2. The number of hydrogen-bond acceptors (Lipinski definition) is 3. The van der Waals surface area contributed by atoms with Crippen molar-refractivity contribution in [1.82, 2.24) is 9.88 Å². The van der Waals surface area contributed by atoms with Crippen LogP contribution in [0.3, 0.4) is 0 Å². The van der Waals surface area contributed by atoms with Gasteiger partial charge in [-0.25, -0.2) is 4.98 Å². The summed E-state index contributed by atoms with van der Waals surface area (Å²) in [6, 6.07) is 14.0. The first kappa shape index (κ1) is 16.9. The Morgan fingerprint density at radius 1 is 1.25 bits per heavy atom. The number of amides is 1. The molecule has 1 amide bonds. The molecule has 0 unspecified atom stereocenters. The molecule has 0 aliphatic heterocycles. The maximum atomic E-state index is 12.4. The van der Waals surface area contributed by atoms with Gasteiger partial charge in [-0.15, -0.1) is 11.3 Å². The maximum Gasteiger partial charge on any atom is 0.223 e. The molecule has 3 nitrogen and oxygen atoms in total. The van der Waals surface area contributed by atoms with Gasteiger partial charge in [0.1, 0.15) is 5.01 Å². The van der Waals surface area contributed by atoms with Crippen LogP contribution in [0.15, 0.2) is 42.5 Å². The van der Waals surface area contributed by atoms with Crippen molar-refractivity contribution in [3.63, 3.8) is 0 Å². The molecule has 0 N–H and O–H groups in total. The quantitative estimate of drug-likeness (QED) is 0.653. The minimum Gasteiger partial charge on any atom is -0.339 e. The van der Waals surface area contributed by atoms with Crippen molar-refractivity contribution in [2.24, 2.45) is 0 Å². The van der Waals surface area contributed by atoms with Gasteiger partial charge in [-0.3, -0.25) is 4.79 Å². The molecule has 0 radical (unpaired) electrons. The molecule has 0 spiro atoms. The van der Waals surface area contributed by atoms with Crippen LogP contribution in [0.1, 0.15) is 22.6 Å². The molecule has 0 saturated carbocycles. The zero-order valence-corrected chi connectivity index (χ0v) is 15.3. The monoisotopic (exact) mass is 358 g/mol. The van der Waals surface area contributed by atoms with Gasteiger partial charge >= 0.3 is 0 Å². The Kier molecular flexibility index (Phi) is 5.17. The van der Waals surface area contributed by atoms with Crippen LogP contribution in [0, 0.1) is 6.92 Å². The largest absolute Gasteiger partial charge is 0.339 e. The number of rotatable bonds is 5. The molecule has 0 saturated heterocycles. The number of benzene rings is 2. The molecule has 124 valence electrons. The van der Waals surface area contributed by atoms with E-state index in [0.717, 1.165) is 31.4 Å². The topological polar surface area (TPSA) is 33.2 Å². The molecule has 0 aliphatic rings. The predicted octanol–water partition coefficient (Wildman–Crippen LogP) is 4.85. The third kappa shape index (κ3) is 3.94. The summed E-state index contributed by atoms with van der Waals surface area (Å²) in [4.78, 5) is 18.7. The summed E-state index contributed by atoms with van der Waals surface area (Å²) in [5.41, 5.74) is 3.14. The highest BCUT2D eigenvalue weighted by molar-refractivity contribution is 7.18. The Hall–Kier alpha value is -1.91. The number of thiazole rings is 1. The summed E-state index contributed by atoms with van der Waals surface area (Å²) in [7, 11) is 1.83. The van der Waals surface area contributed by atoms with Crippen molar-refractivity contribution >= 4 is 39.1 Å². The SMILES string of the molecule is Cc1ccc(CCC(=O)N(C)Cc2nc3ccccc3s2)cc1Cl. The zero-order valence-electron chi connectivity index (χ0n) is 13.8. The van der Waals surface area contributed by atoms with E-state index in [9.17, 15) is 4.79 Å². The lowest BCUT2D eigenvalue weighted by Crippen LogP contribution is -2.26. The smallest absolute Gasteiger partial charge is 0.223 e. The molecule has 0 bridgehead atoms. The molecular weight excluding hydrogens is 340 g/mol. The van der Waals surface area contributed by atoms with Crippen LogP contribution in [0.5, 0.6) is 0 Å². The van der Waals surface area contributed by atoms with Gasteiger partial charge in [0.05, 0.1) is 16.8 Å². The normalized spacial score (nSPS) is 11.0. The van der Waals surface area contributed by atoms with Crippen LogP contribution < -0.4 is 0 Å². The zero-order chi connectivity index (χ0) is 17.1. The van der Waals surface area contributed by atoms with Gasteiger partial charge in [-0.2, -0.15) is 0 Å². The Balaban J connectivity index is 1.58. The van der Waals surface area contributed by atoms with E-state index in [1.807, 2.05) is 50.4 Å². The molecule has 2 aromatic carbocycles. The highest BCUT2D eigenvalue weighted by atomic mass is 35.5.